The summed E-state index contributed by atoms with van der Waals surface area (Å²) in [6.45, 7) is 5.88. The number of rotatable bonds is 0. The van der Waals surface area contributed by atoms with Crippen molar-refractivity contribution in [3.8, 4) is 0 Å². The largest absolute Gasteiger partial charge is 0.459 e. The lowest BCUT2D eigenvalue weighted by atomic mass is 9.59. The highest BCUT2D eigenvalue weighted by Crippen LogP contribution is 2.53. The molecule has 17 heavy (non-hydrogen) atoms. The van der Waals surface area contributed by atoms with Crippen molar-refractivity contribution in [2.75, 3.05) is 0 Å². The number of esters is 2. The second-order valence-corrected chi connectivity index (χ2v) is 6.39. The molecule has 94 valence electrons. The molecular weight excluding hydrogens is 220 g/mol. The van der Waals surface area contributed by atoms with Crippen LogP contribution in [0.5, 0.6) is 0 Å². The molecule has 3 fully saturated rings. The summed E-state index contributed by atoms with van der Waals surface area (Å²) in [5.74, 6) is -1.07. The maximum absolute atomic E-state index is 11.9. The van der Waals surface area contributed by atoms with Crippen molar-refractivity contribution in [1.29, 1.82) is 0 Å². The van der Waals surface area contributed by atoms with Gasteiger partial charge in [0.15, 0.2) is 5.92 Å². The van der Waals surface area contributed by atoms with E-state index in [4.69, 9.17) is 9.47 Å². The van der Waals surface area contributed by atoms with Crippen molar-refractivity contribution >= 4 is 11.9 Å². The van der Waals surface area contributed by atoms with Gasteiger partial charge in [0.2, 0.25) is 0 Å². The molecule has 0 N–H and O–H groups in total. The van der Waals surface area contributed by atoms with E-state index in [1.807, 2.05) is 20.8 Å². The van der Waals surface area contributed by atoms with Gasteiger partial charge in [-0.25, -0.2) is 0 Å². The summed E-state index contributed by atoms with van der Waals surface area (Å²) in [7, 11) is 0. The van der Waals surface area contributed by atoms with Crippen LogP contribution in [0.3, 0.4) is 0 Å². The summed E-state index contributed by atoms with van der Waals surface area (Å²) in [6.07, 6.45) is 2.63. The van der Waals surface area contributed by atoms with E-state index in [1.54, 1.807) is 0 Å². The Morgan fingerprint density at radius 1 is 1.12 bits per heavy atom. The first-order valence-corrected chi connectivity index (χ1v) is 6.28. The number of hydrogen-bond acceptors (Lipinski definition) is 4. The minimum absolute atomic E-state index is 0.103. The van der Waals surface area contributed by atoms with Crippen LogP contribution >= 0.6 is 0 Å². The minimum atomic E-state index is -0.679. The molecule has 2 bridgehead atoms. The van der Waals surface area contributed by atoms with Gasteiger partial charge in [-0.2, -0.15) is 0 Å². The van der Waals surface area contributed by atoms with Crippen LogP contribution in [0.1, 0.15) is 40.0 Å². The fourth-order valence-corrected chi connectivity index (χ4v) is 3.87. The van der Waals surface area contributed by atoms with Crippen LogP contribution in [0.25, 0.3) is 0 Å². The number of carbonyl (C=O) groups is 2. The SMILES string of the molecule is CC1(C)OC(=O)[C@H]2C(=O)O[C@@]3(C)CC[C@@H]1[C@@H]2C3. The van der Waals surface area contributed by atoms with Crippen LogP contribution in [0.4, 0.5) is 0 Å². The molecule has 2 saturated heterocycles. The molecule has 1 aliphatic carbocycles. The molecule has 3 aliphatic rings. The molecule has 0 aromatic heterocycles. The first kappa shape index (κ1) is 11.1. The zero-order valence-corrected chi connectivity index (χ0v) is 10.5. The van der Waals surface area contributed by atoms with E-state index in [0.717, 1.165) is 19.3 Å². The van der Waals surface area contributed by atoms with Gasteiger partial charge in [-0.05, 0) is 46.0 Å². The summed E-state index contributed by atoms with van der Waals surface area (Å²) in [5.41, 5.74) is -0.806. The quantitative estimate of drug-likeness (QED) is 0.476. The van der Waals surface area contributed by atoms with Crippen molar-refractivity contribution in [3.63, 3.8) is 0 Å². The summed E-state index contributed by atoms with van der Waals surface area (Å²) in [6, 6.07) is 0. The van der Waals surface area contributed by atoms with Gasteiger partial charge >= 0.3 is 11.9 Å². The number of cyclic esters (lactones) is 1. The first-order chi connectivity index (χ1) is 7.82. The smallest absolute Gasteiger partial charge is 0.321 e. The Morgan fingerprint density at radius 3 is 2.47 bits per heavy atom. The lowest BCUT2D eigenvalue weighted by Crippen LogP contribution is -2.62. The average Bonchev–Trinajstić information content (AvgIpc) is 2.12. The number of ether oxygens (including phenoxy) is 2. The molecule has 2 heterocycles. The van der Waals surface area contributed by atoms with Crippen molar-refractivity contribution in [3.05, 3.63) is 0 Å². The molecule has 1 saturated carbocycles. The lowest BCUT2D eigenvalue weighted by Gasteiger charge is -2.55. The standard InChI is InChI=1S/C13H18O4/c1-12(2)8-4-5-13(3)6-7(8)9(10(14)16-12)11(15)17-13/h7-9H,4-6H2,1-3H3/t7-,8+,9-,13-/m0/s1. The molecule has 4 heteroatoms. The molecule has 2 aliphatic heterocycles. The van der Waals surface area contributed by atoms with Crippen molar-refractivity contribution in [1.82, 2.24) is 0 Å². The van der Waals surface area contributed by atoms with Gasteiger partial charge < -0.3 is 9.47 Å². The van der Waals surface area contributed by atoms with Gasteiger partial charge in [-0.1, -0.05) is 0 Å². The Labute approximate surface area is 101 Å². The monoisotopic (exact) mass is 238 g/mol. The second kappa shape index (κ2) is 3.03. The molecule has 0 radical (unpaired) electrons. The third kappa shape index (κ3) is 1.42. The third-order valence-electron chi connectivity index (χ3n) is 4.71. The van der Waals surface area contributed by atoms with E-state index in [1.165, 1.54) is 0 Å². The highest BCUT2D eigenvalue weighted by Gasteiger charge is 2.61. The van der Waals surface area contributed by atoms with Gasteiger partial charge in [0.1, 0.15) is 11.2 Å². The highest BCUT2D eigenvalue weighted by atomic mass is 16.6. The van der Waals surface area contributed by atoms with Crippen LogP contribution in [-0.2, 0) is 19.1 Å². The molecule has 4 nitrogen and oxygen atoms in total. The van der Waals surface area contributed by atoms with E-state index in [0.29, 0.717) is 0 Å². The second-order valence-electron chi connectivity index (χ2n) is 6.39. The molecule has 0 unspecified atom stereocenters. The summed E-state index contributed by atoms with van der Waals surface area (Å²) < 4.78 is 10.9. The van der Waals surface area contributed by atoms with Gasteiger partial charge in [0.25, 0.3) is 0 Å². The van der Waals surface area contributed by atoms with Crippen molar-refractivity contribution in [2.24, 2.45) is 17.8 Å². The number of carbonyl (C=O) groups excluding carboxylic acids is 2. The van der Waals surface area contributed by atoms with Crippen LogP contribution in [0.15, 0.2) is 0 Å². The summed E-state index contributed by atoms with van der Waals surface area (Å²) >= 11 is 0. The molecule has 0 aromatic carbocycles. The predicted octanol–water partition coefficient (Wildman–Crippen LogP) is 1.67. The van der Waals surface area contributed by atoms with Gasteiger partial charge in [0, 0.05) is 5.92 Å². The number of hydrogen-bond donors (Lipinski definition) is 0. The normalized spacial score (nSPS) is 47.1. The van der Waals surface area contributed by atoms with Crippen molar-refractivity contribution in [2.45, 2.75) is 51.2 Å². The summed E-state index contributed by atoms with van der Waals surface area (Å²) in [4.78, 5) is 23.8. The Hall–Kier alpha value is -1.06. The fraction of sp³-hybridized carbons (Fsp3) is 0.846. The predicted molar refractivity (Wildman–Crippen MR) is 59.0 cm³/mol. The molecule has 4 atom stereocenters. The van der Waals surface area contributed by atoms with Crippen LogP contribution in [0.2, 0.25) is 0 Å². The Bertz CT molecular complexity index is 392. The van der Waals surface area contributed by atoms with E-state index >= 15 is 0 Å². The first-order valence-electron chi connectivity index (χ1n) is 6.28. The van der Waals surface area contributed by atoms with Crippen LogP contribution in [-0.4, -0.2) is 23.1 Å². The van der Waals surface area contributed by atoms with E-state index in [-0.39, 0.29) is 23.4 Å². The fourth-order valence-electron chi connectivity index (χ4n) is 3.87. The van der Waals surface area contributed by atoms with Crippen LogP contribution < -0.4 is 0 Å². The molecule has 3 rings (SSSR count). The molecule has 0 amide bonds. The van der Waals surface area contributed by atoms with Gasteiger partial charge in [-0.3, -0.25) is 9.59 Å². The topological polar surface area (TPSA) is 52.6 Å². The van der Waals surface area contributed by atoms with E-state index in [9.17, 15) is 9.59 Å². The van der Waals surface area contributed by atoms with Gasteiger partial charge in [-0.15, -0.1) is 0 Å². The maximum atomic E-state index is 11.9. The Balaban J connectivity index is 2.02. The third-order valence-corrected chi connectivity index (χ3v) is 4.71. The minimum Gasteiger partial charge on any atom is -0.459 e. The number of fused-ring (bicyclic) bond motifs is 1. The summed E-state index contributed by atoms with van der Waals surface area (Å²) in [5, 5.41) is 0. The maximum Gasteiger partial charge on any atom is 0.321 e. The zero-order chi connectivity index (χ0) is 12.4. The Kier molecular flexibility index (Phi) is 1.97. The molecular formula is C13H18O4. The average molecular weight is 238 g/mol. The lowest BCUT2D eigenvalue weighted by molar-refractivity contribution is -0.229. The van der Waals surface area contributed by atoms with E-state index in [2.05, 4.69) is 0 Å². The van der Waals surface area contributed by atoms with Crippen molar-refractivity contribution < 1.29 is 19.1 Å². The Morgan fingerprint density at radius 2 is 1.76 bits per heavy atom. The molecule has 0 aromatic rings. The van der Waals surface area contributed by atoms with E-state index < -0.39 is 17.5 Å². The van der Waals surface area contributed by atoms with Crippen LogP contribution in [0, 0.1) is 17.8 Å². The zero-order valence-electron chi connectivity index (χ0n) is 10.5. The highest BCUT2D eigenvalue weighted by molar-refractivity contribution is 5.96. The van der Waals surface area contributed by atoms with Gasteiger partial charge in [0.05, 0.1) is 0 Å². The molecule has 0 spiro atoms.